The van der Waals surface area contributed by atoms with Crippen LogP contribution in [0, 0.1) is 0 Å². The molecule has 0 saturated carbocycles. The minimum Gasteiger partial charge on any atom is -0.330 e. The molecule has 3 N–H and O–H groups in total. The van der Waals surface area contributed by atoms with Gasteiger partial charge in [0.15, 0.2) is 0 Å². The number of pyridine rings is 1. The van der Waals surface area contributed by atoms with Crippen LogP contribution >= 0.6 is 0 Å². The number of nitrogens with one attached hydrogen (secondary N) is 1. The van der Waals surface area contributed by atoms with Crippen molar-refractivity contribution in [2.75, 3.05) is 19.6 Å². The van der Waals surface area contributed by atoms with Gasteiger partial charge in [0, 0.05) is 23.9 Å². The van der Waals surface area contributed by atoms with Crippen LogP contribution in [0.4, 0.5) is 0 Å². The molecule has 0 aliphatic heterocycles. The van der Waals surface area contributed by atoms with Crippen LogP contribution in [0.3, 0.4) is 0 Å². The number of rotatable bonds is 6. The van der Waals surface area contributed by atoms with Gasteiger partial charge in [0.2, 0.25) is 0 Å². The molecule has 15 heavy (non-hydrogen) atoms. The van der Waals surface area contributed by atoms with E-state index < -0.39 is 0 Å². The van der Waals surface area contributed by atoms with Crippen molar-refractivity contribution in [3.8, 4) is 0 Å². The monoisotopic (exact) mass is 207 g/mol. The normalized spacial score (nSPS) is 11.7. The standard InChI is InChI=1S/C12H21N3/c1-12(2,10-14-8-5-7-13)11-6-3-4-9-15-11/h3-4,6,9,14H,5,7-8,10,13H2,1-2H3. The molecule has 3 nitrogen and oxygen atoms in total. The third-order valence-electron chi connectivity index (χ3n) is 2.48. The van der Waals surface area contributed by atoms with Gasteiger partial charge in [0.05, 0.1) is 0 Å². The van der Waals surface area contributed by atoms with Crippen molar-refractivity contribution in [2.24, 2.45) is 5.73 Å². The van der Waals surface area contributed by atoms with Crippen molar-refractivity contribution < 1.29 is 0 Å². The molecular weight excluding hydrogens is 186 g/mol. The van der Waals surface area contributed by atoms with Gasteiger partial charge in [-0.1, -0.05) is 19.9 Å². The van der Waals surface area contributed by atoms with Crippen molar-refractivity contribution in [3.05, 3.63) is 30.1 Å². The Labute approximate surface area is 92.1 Å². The molecule has 0 spiro atoms. The quantitative estimate of drug-likeness (QED) is 0.691. The summed E-state index contributed by atoms with van der Waals surface area (Å²) in [5.74, 6) is 0. The van der Waals surface area contributed by atoms with E-state index in [1.165, 1.54) is 0 Å². The third kappa shape index (κ3) is 3.98. The highest BCUT2D eigenvalue weighted by Gasteiger charge is 2.20. The second kappa shape index (κ2) is 5.83. The van der Waals surface area contributed by atoms with Crippen LogP contribution < -0.4 is 11.1 Å². The number of nitrogens with zero attached hydrogens (tertiary/aromatic N) is 1. The highest BCUT2D eigenvalue weighted by Crippen LogP contribution is 2.19. The highest BCUT2D eigenvalue weighted by atomic mass is 14.9. The van der Waals surface area contributed by atoms with Crippen LogP contribution in [0.1, 0.15) is 26.0 Å². The zero-order chi connectivity index (χ0) is 11.1. The van der Waals surface area contributed by atoms with Crippen LogP contribution in [0.5, 0.6) is 0 Å². The van der Waals surface area contributed by atoms with E-state index in [0.29, 0.717) is 0 Å². The molecule has 0 aliphatic carbocycles. The van der Waals surface area contributed by atoms with Crippen LogP contribution in [0.2, 0.25) is 0 Å². The van der Waals surface area contributed by atoms with E-state index in [0.717, 1.165) is 31.7 Å². The lowest BCUT2D eigenvalue weighted by atomic mass is 9.89. The molecule has 0 aliphatic rings. The fourth-order valence-electron chi connectivity index (χ4n) is 1.48. The van der Waals surface area contributed by atoms with Gasteiger partial charge in [0.25, 0.3) is 0 Å². The van der Waals surface area contributed by atoms with Gasteiger partial charge in [-0.15, -0.1) is 0 Å². The van der Waals surface area contributed by atoms with Crippen molar-refractivity contribution in [1.29, 1.82) is 0 Å². The Kier molecular flexibility index (Phi) is 4.72. The average molecular weight is 207 g/mol. The van der Waals surface area contributed by atoms with E-state index in [9.17, 15) is 0 Å². The number of aromatic nitrogens is 1. The molecule has 0 amide bonds. The minimum absolute atomic E-state index is 0.0792. The summed E-state index contributed by atoms with van der Waals surface area (Å²) in [6.45, 7) is 7.06. The fourth-order valence-corrected chi connectivity index (χ4v) is 1.48. The lowest BCUT2D eigenvalue weighted by Gasteiger charge is -2.24. The molecule has 0 bridgehead atoms. The summed E-state index contributed by atoms with van der Waals surface area (Å²) in [6, 6.07) is 6.05. The Morgan fingerprint density at radius 1 is 1.40 bits per heavy atom. The molecule has 0 radical (unpaired) electrons. The molecule has 0 saturated heterocycles. The number of hydrogen-bond acceptors (Lipinski definition) is 3. The third-order valence-corrected chi connectivity index (χ3v) is 2.48. The second-order valence-corrected chi connectivity index (χ2v) is 4.42. The predicted molar refractivity (Wildman–Crippen MR) is 63.8 cm³/mol. The van der Waals surface area contributed by atoms with Gasteiger partial charge in [-0.3, -0.25) is 4.98 Å². The van der Waals surface area contributed by atoms with Crippen molar-refractivity contribution >= 4 is 0 Å². The fraction of sp³-hybridized carbons (Fsp3) is 0.583. The lowest BCUT2D eigenvalue weighted by molar-refractivity contribution is 0.456. The van der Waals surface area contributed by atoms with Gasteiger partial charge >= 0.3 is 0 Å². The molecule has 0 atom stereocenters. The first-order valence-electron chi connectivity index (χ1n) is 5.49. The Morgan fingerprint density at radius 2 is 2.20 bits per heavy atom. The van der Waals surface area contributed by atoms with Gasteiger partial charge in [-0.25, -0.2) is 0 Å². The molecule has 0 fully saturated rings. The van der Waals surface area contributed by atoms with Gasteiger partial charge < -0.3 is 11.1 Å². The zero-order valence-electron chi connectivity index (χ0n) is 9.66. The summed E-state index contributed by atoms with van der Waals surface area (Å²) in [5.41, 5.74) is 6.65. The van der Waals surface area contributed by atoms with E-state index in [-0.39, 0.29) is 5.41 Å². The maximum Gasteiger partial charge on any atom is 0.0472 e. The highest BCUT2D eigenvalue weighted by molar-refractivity contribution is 5.14. The van der Waals surface area contributed by atoms with Gasteiger partial charge in [0.1, 0.15) is 0 Å². The summed E-state index contributed by atoms with van der Waals surface area (Å²) in [5, 5.41) is 3.41. The molecule has 1 aromatic rings. The maximum absolute atomic E-state index is 5.44. The Bertz CT molecular complexity index is 269. The van der Waals surface area contributed by atoms with Crippen LogP contribution in [-0.4, -0.2) is 24.6 Å². The minimum atomic E-state index is 0.0792. The average Bonchev–Trinajstić information content (AvgIpc) is 2.26. The van der Waals surface area contributed by atoms with Crippen molar-refractivity contribution in [3.63, 3.8) is 0 Å². The van der Waals surface area contributed by atoms with E-state index in [1.807, 2.05) is 18.3 Å². The van der Waals surface area contributed by atoms with Crippen LogP contribution in [-0.2, 0) is 5.41 Å². The van der Waals surface area contributed by atoms with Gasteiger partial charge in [-0.2, -0.15) is 0 Å². The molecule has 0 aromatic carbocycles. The molecule has 0 unspecified atom stereocenters. The summed E-state index contributed by atoms with van der Waals surface area (Å²) in [4.78, 5) is 4.38. The van der Waals surface area contributed by atoms with E-state index in [1.54, 1.807) is 0 Å². The van der Waals surface area contributed by atoms with Gasteiger partial charge in [-0.05, 0) is 31.6 Å². The maximum atomic E-state index is 5.44. The van der Waals surface area contributed by atoms with E-state index >= 15 is 0 Å². The molecule has 1 heterocycles. The molecule has 1 aromatic heterocycles. The number of hydrogen-bond donors (Lipinski definition) is 2. The largest absolute Gasteiger partial charge is 0.330 e. The first-order valence-corrected chi connectivity index (χ1v) is 5.49. The molecular formula is C12H21N3. The van der Waals surface area contributed by atoms with Crippen molar-refractivity contribution in [1.82, 2.24) is 10.3 Å². The topological polar surface area (TPSA) is 50.9 Å². The summed E-state index contributed by atoms with van der Waals surface area (Å²) in [7, 11) is 0. The zero-order valence-corrected chi connectivity index (χ0v) is 9.66. The smallest absolute Gasteiger partial charge is 0.0472 e. The number of nitrogens with two attached hydrogens (primary N) is 1. The first-order chi connectivity index (χ1) is 7.17. The first kappa shape index (κ1) is 12.1. The molecule has 3 heteroatoms. The summed E-state index contributed by atoms with van der Waals surface area (Å²) < 4.78 is 0. The SMILES string of the molecule is CC(C)(CNCCCN)c1ccccn1. The Balaban J connectivity index is 2.45. The van der Waals surface area contributed by atoms with Crippen LogP contribution in [0.15, 0.2) is 24.4 Å². The molecule has 84 valence electrons. The lowest BCUT2D eigenvalue weighted by Crippen LogP contribution is -2.34. The van der Waals surface area contributed by atoms with Crippen LogP contribution in [0.25, 0.3) is 0 Å². The molecule has 1 rings (SSSR count). The summed E-state index contributed by atoms with van der Waals surface area (Å²) >= 11 is 0. The predicted octanol–water partition coefficient (Wildman–Crippen LogP) is 1.30. The second-order valence-electron chi connectivity index (χ2n) is 4.42. The van der Waals surface area contributed by atoms with Crippen molar-refractivity contribution in [2.45, 2.75) is 25.7 Å². The Morgan fingerprint density at radius 3 is 2.80 bits per heavy atom. The van der Waals surface area contributed by atoms with E-state index in [4.69, 9.17) is 5.73 Å². The summed E-state index contributed by atoms with van der Waals surface area (Å²) in [6.07, 6.45) is 2.87. The van der Waals surface area contributed by atoms with E-state index in [2.05, 4.69) is 30.2 Å². The Hall–Kier alpha value is -0.930.